The second kappa shape index (κ2) is 8.85. The van der Waals surface area contributed by atoms with Crippen molar-refractivity contribution in [2.45, 2.75) is 6.42 Å². The van der Waals surface area contributed by atoms with Gasteiger partial charge in [0, 0.05) is 20.3 Å². The highest BCUT2D eigenvalue weighted by Gasteiger charge is 2.14. The van der Waals surface area contributed by atoms with E-state index in [1.165, 1.54) is 18.2 Å². The van der Waals surface area contributed by atoms with E-state index in [0.717, 1.165) is 6.42 Å². The van der Waals surface area contributed by atoms with Crippen molar-refractivity contribution in [3.05, 3.63) is 33.9 Å². The van der Waals surface area contributed by atoms with Crippen LogP contribution < -0.4 is 4.74 Å². The molecule has 0 N–H and O–H groups in total. The second-order valence-electron chi connectivity index (χ2n) is 3.86. The summed E-state index contributed by atoms with van der Waals surface area (Å²) in [6, 6.07) is 5.90. The number of rotatable bonds is 9. The number of nitrogens with zero attached hydrogens (tertiary/aromatic N) is 2. The third-order valence-electron chi connectivity index (χ3n) is 2.42. The van der Waals surface area contributed by atoms with Gasteiger partial charge in [-0.2, -0.15) is 5.26 Å². The summed E-state index contributed by atoms with van der Waals surface area (Å²) in [4.78, 5) is 10.2. The molecule has 0 fully saturated rings. The van der Waals surface area contributed by atoms with Crippen LogP contribution in [0.2, 0.25) is 0 Å². The van der Waals surface area contributed by atoms with Gasteiger partial charge in [0.25, 0.3) is 5.69 Å². The van der Waals surface area contributed by atoms with Crippen molar-refractivity contribution in [3.63, 3.8) is 0 Å². The summed E-state index contributed by atoms with van der Waals surface area (Å²) in [7, 11) is 1.63. The molecule has 7 heteroatoms. The maximum absolute atomic E-state index is 10.8. The van der Waals surface area contributed by atoms with E-state index >= 15 is 0 Å². The standard InChI is InChI=1S/C13H16N2O5/c1-18-5-2-6-19-7-8-20-12-4-3-11(10-14)13(9-12)15(16)17/h3-4,9H,2,5-8H2,1H3. The lowest BCUT2D eigenvalue weighted by molar-refractivity contribution is -0.385. The van der Waals surface area contributed by atoms with E-state index < -0.39 is 4.92 Å². The molecule has 0 spiro atoms. The van der Waals surface area contributed by atoms with Gasteiger partial charge in [-0.3, -0.25) is 10.1 Å². The van der Waals surface area contributed by atoms with Crippen LogP contribution in [0.5, 0.6) is 5.75 Å². The molecule has 0 aliphatic rings. The number of hydrogen-bond acceptors (Lipinski definition) is 6. The number of nitriles is 1. The highest BCUT2D eigenvalue weighted by molar-refractivity contribution is 5.52. The smallest absolute Gasteiger partial charge is 0.290 e. The molecule has 0 bridgehead atoms. The first-order valence-electron chi connectivity index (χ1n) is 6.07. The van der Waals surface area contributed by atoms with E-state index in [2.05, 4.69) is 0 Å². The summed E-state index contributed by atoms with van der Waals surface area (Å²) in [5, 5.41) is 19.5. The van der Waals surface area contributed by atoms with Crippen molar-refractivity contribution in [2.75, 3.05) is 33.5 Å². The van der Waals surface area contributed by atoms with E-state index in [-0.39, 0.29) is 17.9 Å². The molecular weight excluding hydrogens is 264 g/mol. The number of ether oxygens (including phenoxy) is 3. The molecule has 108 valence electrons. The average Bonchev–Trinajstić information content (AvgIpc) is 2.46. The topological polar surface area (TPSA) is 94.6 Å². The molecule has 0 aromatic heterocycles. The summed E-state index contributed by atoms with van der Waals surface area (Å²) < 4.78 is 15.5. The Labute approximate surface area is 116 Å². The van der Waals surface area contributed by atoms with E-state index in [0.29, 0.717) is 25.6 Å². The van der Waals surface area contributed by atoms with E-state index in [4.69, 9.17) is 19.5 Å². The van der Waals surface area contributed by atoms with Crippen LogP contribution in [0.15, 0.2) is 18.2 Å². The Balaban J connectivity index is 2.39. The molecule has 1 rings (SSSR count). The second-order valence-corrected chi connectivity index (χ2v) is 3.86. The molecule has 20 heavy (non-hydrogen) atoms. The highest BCUT2D eigenvalue weighted by Crippen LogP contribution is 2.23. The minimum Gasteiger partial charge on any atom is -0.491 e. The van der Waals surface area contributed by atoms with Gasteiger partial charge in [0.15, 0.2) is 0 Å². The van der Waals surface area contributed by atoms with Crippen LogP contribution in [0.25, 0.3) is 0 Å². The van der Waals surface area contributed by atoms with Gasteiger partial charge in [-0.15, -0.1) is 0 Å². The zero-order chi connectivity index (χ0) is 14.8. The first kappa shape index (κ1) is 15.9. The zero-order valence-electron chi connectivity index (χ0n) is 11.2. The van der Waals surface area contributed by atoms with Crippen LogP contribution in [-0.2, 0) is 9.47 Å². The van der Waals surface area contributed by atoms with Gasteiger partial charge in [0.1, 0.15) is 24.0 Å². The fraction of sp³-hybridized carbons (Fsp3) is 0.462. The number of nitro groups is 1. The Morgan fingerprint density at radius 2 is 2.10 bits per heavy atom. The third kappa shape index (κ3) is 5.22. The van der Waals surface area contributed by atoms with Crippen LogP contribution in [0.1, 0.15) is 12.0 Å². The number of benzene rings is 1. The van der Waals surface area contributed by atoms with E-state index in [9.17, 15) is 10.1 Å². The lowest BCUT2D eigenvalue weighted by atomic mass is 10.2. The Morgan fingerprint density at radius 1 is 1.30 bits per heavy atom. The molecule has 0 saturated carbocycles. The Hall–Kier alpha value is -2.17. The maximum Gasteiger partial charge on any atom is 0.290 e. The van der Waals surface area contributed by atoms with Crippen LogP contribution >= 0.6 is 0 Å². The van der Waals surface area contributed by atoms with Crippen molar-refractivity contribution >= 4 is 5.69 Å². The molecule has 0 amide bonds. The quantitative estimate of drug-likeness (QED) is 0.389. The van der Waals surface area contributed by atoms with Gasteiger partial charge in [0.05, 0.1) is 17.6 Å². The predicted molar refractivity (Wildman–Crippen MR) is 70.6 cm³/mol. The van der Waals surface area contributed by atoms with Crippen molar-refractivity contribution in [3.8, 4) is 11.8 Å². The van der Waals surface area contributed by atoms with Gasteiger partial charge in [0.2, 0.25) is 0 Å². The van der Waals surface area contributed by atoms with Crippen molar-refractivity contribution in [1.82, 2.24) is 0 Å². The molecule has 0 unspecified atom stereocenters. The largest absolute Gasteiger partial charge is 0.491 e. The van der Waals surface area contributed by atoms with Gasteiger partial charge < -0.3 is 14.2 Å². The fourth-order valence-corrected chi connectivity index (χ4v) is 1.47. The van der Waals surface area contributed by atoms with Crippen molar-refractivity contribution < 1.29 is 19.1 Å². The Bertz CT molecular complexity index is 484. The molecule has 7 nitrogen and oxygen atoms in total. The van der Waals surface area contributed by atoms with Gasteiger partial charge >= 0.3 is 0 Å². The molecule has 0 heterocycles. The zero-order valence-corrected chi connectivity index (χ0v) is 11.2. The molecular formula is C13H16N2O5. The highest BCUT2D eigenvalue weighted by atomic mass is 16.6. The average molecular weight is 280 g/mol. The molecule has 1 aromatic rings. The fourth-order valence-electron chi connectivity index (χ4n) is 1.47. The van der Waals surface area contributed by atoms with E-state index in [1.54, 1.807) is 13.2 Å². The monoisotopic (exact) mass is 280 g/mol. The van der Waals surface area contributed by atoms with Crippen LogP contribution in [0, 0.1) is 21.4 Å². The lowest BCUT2D eigenvalue weighted by Gasteiger charge is -2.07. The molecule has 0 radical (unpaired) electrons. The first-order valence-corrected chi connectivity index (χ1v) is 6.07. The summed E-state index contributed by atoms with van der Waals surface area (Å²) in [6.45, 7) is 1.89. The minimum atomic E-state index is -0.605. The Kier molecular flexibility index (Phi) is 7.03. The van der Waals surface area contributed by atoms with Crippen molar-refractivity contribution in [2.24, 2.45) is 0 Å². The summed E-state index contributed by atoms with van der Waals surface area (Å²) in [6.07, 6.45) is 0.804. The maximum atomic E-state index is 10.8. The SMILES string of the molecule is COCCCOCCOc1ccc(C#N)c([N+](=O)[O-])c1. The number of nitro benzene ring substituents is 1. The summed E-state index contributed by atoms with van der Waals surface area (Å²) in [5.74, 6) is 0.344. The predicted octanol–water partition coefficient (Wildman–Crippen LogP) is 1.90. The van der Waals surface area contributed by atoms with Gasteiger partial charge in [-0.05, 0) is 18.6 Å². The summed E-state index contributed by atoms with van der Waals surface area (Å²) >= 11 is 0. The number of methoxy groups -OCH3 is 1. The Morgan fingerprint density at radius 3 is 2.75 bits per heavy atom. The van der Waals surface area contributed by atoms with Crippen molar-refractivity contribution in [1.29, 1.82) is 5.26 Å². The molecule has 1 aromatic carbocycles. The first-order chi connectivity index (χ1) is 9.69. The molecule has 0 aliphatic carbocycles. The third-order valence-corrected chi connectivity index (χ3v) is 2.42. The normalized spacial score (nSPS) is 10.0. The number of hydrogen-bond donors (Lipinski definition) is 0. The van der Waals surface area contributed by atoms with E-state index in [1.807, 2.05) is 0 Å². The van der Waals surface area contributed by atoms with Crippen LogP contribution in [-0.4, -0.2) is 38.5 Å². The summed E-state index contributed by atoms with van der Waals surface area (Å²) in [5.41, 5.74) is -0.246. The molecule has 0 saturated heterocycles. The molecule has 0 atom stereocenters. The minimum absolute atomic E-state index is 0.0122. The molecule has 0 aliphatic heterocycles. The van der Waals surface area contributed by atoms with Gasteiger partial charge in [-0.25, -0.2) is 0 Å². The van der Waals surface area contributed by atoms with Crippen LogP contribution in [0.4, 0.5) is 5.69 Å². The van der Waals surface area contributed by atoms with Crippen LogP contribution in [0.3, 0.4) is 0 Å². The lowest BCUT2D eigenvalue weighted by Crippen LogP contribution is -2.08. The van der Waals surface area contributed by atoms with Gasteiger partial charge in [-0.1, -0.05) is 0 Å².